The fraction of sp³-hybridized carbons (Fsp3) is 0.474. The summed E-state index contributed by atoms with van der Waals surface area (Å²) in [6.45, 7) is 1.84. The smallest absolute Gasteiger partial charge is 0.409 e. The molecule has 0 atom stereocenters. The topological polar surface area (TPSA) is 99.3 Å². The standard InChI is InChI=1S/C19H24N4O5/c1-28-19(27)22-10-4-9-21(11-12-22)17(25)7-8-18(26)23-13-16(24)20-14-5-2-3-6-15(14)23/h2-3,5-6H,4,7-13H2,1H3,(H,20,24). The second-order valence-electron chi connectivity index (χ2n) is 6.74. The molecule has 1 aromatic carbocycles. The first-order valence-electron chi connectivity index (χ1n) is 9.29. The average molecular weight is 388 g/mol. The van der Waals surface area contributed by atoms with Gasteiger partial charge in [0.05, 0.1) is 18.5 Å². The van der Waals surface area contributed by atoms with Gasteiger partial charge < -0.3 is 24.8 Å². The molecule has 2 aliphatic heterocycles. The molecule has 4 amide bonds. The normalized spacial score (nSPS) is 16.8. The van der Waals surface area contributed by atoms with Gasteiger partial charge in [-0.2, -0.15) is 0 Å². The molecular weight excluding hydrogens is 364 g/mol. The summed E-state index contributed by atoms with van der Waals surface area (Å²) in [4.78, 5) is 53.3. The minimum atomic E-state index is -0.397. The highest BCUT2D eigenvalue weighted by Crippen LogP contribution is 2.29. The van der Waals surface area contributed by atoms with Crippen molar-refractivity contribution in [1.29, 1.82) is 0 Å². The van der Waals surface area contributed by atoms with Gasteiger partial charge in [0.1, 0.15) is 6.54 Å². The van der Waals surface area contributed by atoms with Gasteiger partial charge in [-0.25, -0.2) is 4.79 Å². The fourth-order valence-corrected chi connectivity index (χ4v) is 3.44. The number of carbonyl (C=O) groups excluding carboxylic acids is 4. The number of fused-ring (bicyclic) bond motifs is 1. The van der Waals surface area contributed by atoms with Gasteiger partial charge in [-0.05, 0) is 18.6 Å². The van der Waals surface area contributed by atoms with Gasteiger partial charge in [0.2, 0.25) is 17.7 Å². The highest BCUT2D eigenvalue weighted by atomic mass is 16.5. The molecule has 2 heterocycles. The SMILES string of the molecule is COC(=O)N1CCCN(C(=O)CCC(=O)N2CC(=O)Nc3ccccc32)CC1. The Bertz CT molecular complexity index is 781. The van der Waals surface area contributed by atoms with E-state index in [1.165, 1.54) is 12.0 Å². The number of para-hydroxylation sites is 2. The van der Waals surface area contributed by atoms with E-state index < -0.39 is 6.09 Å². The number of nitrogens with zero attached hydrogens (tertiary/aromatic N) is 3. The first-order valence-corrected chi connectivity index (χ1v) is 9.29. The van der Waals surface area contributed by atoms with Crippen LogP contribution in [0.3, 0.4) is 0 Å². The lowest BCUT2D eigenvalue weighted by molar-refractivity contribution is -0.133. The van der Waals surface area contributed by atoms with Crippen molar-refractivity contribution in [2.45, 2.75) is 19.3 Å². The minimum Gasteiger partial charge on any atom is -0.453 e. The van der Waals surface area contributed by atoms with Crippen LogP contribution in [-0.4, -0.2) is 73.4 Å². The number of anilines is 2. The summed E-state index contributed by atoms with van der Waals surface area (Å²) in [5.74, 6) is -0.648. The van der Waals surface area contributed by atoms with Crippen LogP contribution >= 0.6 is 0 Å². The van der Waals surface area contributed by atoms with Gasteiger partial charge in [-0.3, -0.25) is 14.4 Å². The molecule has 9 heteroatoms. The molecule has 0 saturated carbocycles. The number of hydrogen-bond acceptors (Lipinski definition) is 5. The maximum Gasteiger partial charge on any atom is 0.409 e. The van der Waals surface area contributed by atoms with E-state index in [1.807, 2.05) is 0 Å². The number of benzene rings is 1. The van der Waals surface area contributed by atoms with Gasteiger partial charge in [0.15, 0.2) is 0 Å². The number of amides is 4. The van der Waals surface area contributed by atoms with Crippen LogP contribution in [0.2, 0.25) is 0 Å². The van der Waals surface area contributed by atoms with Crippen molar-refractivity contribution in [2.24, 2.45) is 0 Å². The molecule has 0 spiro atoms. The Hall–Kier alpha value is -3.10. The molecular formula is C19H24N4O5. The molecule has 9 nitrogen and oxygen atoms in total. The molecule has 3 rings (SSSR count). The summed E-state index contributed by atoms with van der Waals surface area (Å²) in [6, 6.07) is 7.09. The summed E-state index contributed by atoms with van der Waals surface area (Å²) in [6.07, 6.45) is 0.357. The molecule has 0 bridgehead atoms. The zero-order chi connectivity index (χ0) is 20.1. The van der Waals surface area contributed by atoms with Gasteiger partial charge in [0, 0.05) is 39.0 Å². The van der Waals surface area contributed by atoms with Gasteiger partial charge in [-0.15, -0.1) is 0 Å². The van der Waals surface area contributed by atoms with Crippen LogP contribution in [0.25, 0.3) is 0 Å². The van der Waals surface area contributed by atoms with Crippen molar-refractivity contribution < 1.29 is 23.9 Å². The van der Waals surface area contributed by atoms with E-state index in [-0.39, 0.29) is 37.1 Å². The number of hydrogen-bond donors (Lipinski definition) is 1. The maximum atomic E-state index is 12.6. The highest BCUT2D eigenvalue weighted by molar-refractivity contribution is 6.10. The number of rotatable bonds is 3. The second-order valence-corrected chi connectivity index (χ2v) is 6.74. The Labute approximate surface area is 163 Å². The van der Waals surface area contributed by atoms with E-state index in [2.05, 4.69) is 5.32 Å². The molecule has 150 valence electrons. The number of methoxy groups -OCH3 is 1. The predicted octanol–water partition coefficient (Wildman–Crippen LogP) is 1.05. The van der Waals surface area contributed by atoms with Crippen LogP contribution in [0.15, 0.2) is 24.3 Å². The van der Waals surface area contributed by atoms with E-state index in [9.17, 15) is 19.2 Å². The van der Waals surface area contributed by atoms with Crippen LogP contribution in [0, 0.1) is 0 Å². The van der Waals surface area contributed by atoms with Crippen molar-refractivity contribution in [2.75, 3.05) is 50.1 Å². The zero-order valence-electron chi connectivity index (χ0n) is 15.8. The Morgan fingerprint density at radius 2 is 1.68 bits per heavy atom. The third kappa shape index (κ3) is 4.41. The summed E-state index contributed by atoms with van der Waals surface area (Å²) in [5.41, 5.74) is 1.23. The predicted molar refractivity (Wildman–Crippen MR) is 102 cm³/mol. The van der Waals surface area contributed by atoms with Crippen LogP contribution < -0.4 is 10.2 Å². The molecule has 2 aliphatic rings. The third-order valence-electron chi connectivity index (χ3n) is 4.91. The maximum absolute atomic E-state index is 12.6. The molecule has 1 fully saturated rings. The molecule has 1 aromatic rings. The van der Waals surface area contributed by atoms with Crippen molar-refractivity contribution in [1.82, 2.24) is 9.80 Å². The zero-order valence-corrected chi connectivity index (χ0v) is 15.8. The van der Waals surface area contributed by atoms with E-state index in [4.69, 9.17) is 4.74 Å². The molecule has 1 saturated heterocycles. The van der Waals surface area contributed by atoms with Gasteiger partial charge in [0.25, 0.3) is 0 Å². The summed E-state index contributed by atoms with van der Waals surface area (Å²) in [7, 11) is 1.33. The van der Waals surface area contributed by atoms with Crippen LogP contribution in [0.4, 0.5) is 16.2 Å². The summed E-state index contributed by atoms with van der Waals surface area (Å²) >= 11 is 0. The van der Waals surface area contributed by atoms with E-state index in [0.717, 1.165) is 0 Å². The van der Waals surface area contributed by atoms with Crippen LogP contribution in [0.5, 0.6) is 0 Å². The molecule has 0 radical (unpaired) electrons. The quantitative estimate of drug-likeness (QED) is 0.835. The number of ether oxygens (including phenoxy) is 1. The van der Waals surface area contributed by atoms with Gasteiger partial charge in [-0.1, -0.05) is 12.1 Å². The summed E-state index contributed by atoms with van der Waals surface area (Å²) in [5, 5.41) is 2.74. The van der Waals surface area contributed by atoms with Crippen molar-refractivity contribution in [3.8, 4) is 0 Å². The first-order chi connectivity index (χ1) is 13.5. The molecule has 28 heavy (non-hydrogen) atoms. The Morgan fingerprint density at radius 3 is 2.46 bits per heavy atom. The first kappa shape index (κ1) is 19.7. The van der Waals surface area contributed by atoms with Crippen LogP contribution in [0.1, 0.15) is 19.3 Å². The fourth-order valence-electron chi connectivity index (χ4n) is 3.44. The van der Waals surface area contributed by atoms with Crippen molar-refractivity contribution in [3.63, 3.8) is 0 Å². The molecule has 1 N–H and O–H groups in total. The van der Waals surface area contributed by atoms with E-state index >= 15 is 0 Å². The van der Waals surface area contributed by atoms with E-state index in [1.54, 1.807) is 34.1 Å². The largest absolute Gasteiger partial charge is 0.453 e. The number of nitrogens with one attached hydrogen (secondary N) is 1. The lowest BCUT2D eigenvalue weighted by atomic mass is 10.1. The second kappa shape index (κ2) is 8.73. The van der Waals surface area contributed by atoms with Crippen molar-refractivity contribution >= 4 is 35.2 Å². The highest BCUT2D eigenvalue weighted by Gasteiger charge is 2.28. The average Bonchev–Trinajstić information content (AvgIpc) is 2.96. The third-order valence-corrected chi connectivity index (χ3v) is 4.91. The molecule has 0 aliphatic carbocycles. The van der Waals surface area contributed by atoms with Crippen molar-refractivity contribution in [3.05, 3.63) is 24.3 Å². The van der Waals surface area contributed by atoms with Crippen LogP contribution in [-0.2, 0) is 19.1 Å². The Morgan fingerprint density at radius 1 is 1.00 bits per heavy atom. The minimum absolute atomic E-state index is 0.0255. The summed E-state index contributed by atoms with van der Waals surface area (Å²) < 4.78 is 4.73. The Kier molecular flexibility index (Phi) is 6.13. The molecule has 0 aromatic heterocycles. The lowest BCUT2D eigenvalue weighted by Crippen LogP contribution is -2.42. The molecule has 0 unspecified atom stereocenters. The lowest BCUT2D eigenvalue weighted by Gasteiger charge is -2.29. The van der Waals surface area contributed by atoms with Gasteiger partial charge >= 0.3 is 6.09 Å². The monoisotopic (exact) mass is 388 g/mol. The number of carbonyl (C=O) groups is 4. The van der Waals surface area contributed by atoms with E-state index in [0.29, 0.717) is 44.0 Å². The Balaban J connectivity index is 1.55.